The van der Waals surface area contributed by atoms with Gasteiger partial charge < -0.3 is 10.3 Å². The molecular formula is C11H14ClN5. The van der Waals surface area contributed by atoms with Crippen LogP contribution in [0.1, 0.15) is 5.56 Å². The maximum atomic E-state index is 8.87. The molecule has 1 N–H and O–H groups in total. The lowest BCUT2D eigenvalue weighted by molar-refractivity contribution is 0.178. The number of hydrogen-bond acceptors (Lipinski definition) is 5. The number of piperazine rings is 1. The van der Waals surface area contributed by atoms with Gasteiger partial charge in [-0.15, -0.1) is 0 Å². The Kier molecular flexibility index (Phi) is 3.79. The van der Waals surface area contributed by atoms with Crippen LogP contribution in [0, 0.1) is 11.3 Å². The van der Waals surface area contributed by atoms with Crippen molar-refractivity contribution in [3.63, 3.8) is 0 Å². The molecule has 6 heteroatoms. The molecule has 1 saturated heterocycles. The number of rotatable bonds is 2. The summed E-state index contributed by atoms with van der Waals surface area (Å²) in [6.07, 6.45) is 1.59. The first kappa shape index (κ1) is 12.1. The fraction of sp³-hybridized carbons (Fsp3) is 0.455. The lowest BCUT2D eigenvalue weighted by Crippen LogP contribution is -2.47. The van der Waals surface area contributed by atoms with Crippen LogP contribution in [-0.4, -0.2) is 48.1 Å². The number of nitriles is 1. The summed E-state index contributed by atoms with van der Waals surface area (Å²) in [6.45, 7) is 3.82. The Morgan fingerprint density at radius 2 is 2.12 bits per heavy atom. The Morgan fingerprint density at radius 1 is 1.41 bits per heavy atom. The Morgan fingerprint density at radius 3 is 2.76 bits per heavy atom. The molecule has 1 aromatic heterocycles. The zero-order valence-corrected chi connectivity index (χ0v) is 10.4. The number of anilines is 1. The third kappa shape index (κ3) is 2.86. The molecule has 0 radical (unpaired) electrons. The molecule has 0 spiro atoms. The zero-order chi connectivity index (χ0) is 12.3. The first-order chi connectivity index (χ1) is 8.20. The fourth-order valence-electron chi connectivity index (χ4n) is 1.68. The van der Waals surface area contributed by atoms with Crippen molar-refractivity contribution in [2.75, 3.05) is 38.7 Å². The molecule has 0 atom stereocenters. The van der Waals surface area contributed by atoms with Gasteiger partial charge >= 0.3 is 0 Å². The van der Waals surface area contributed by atoms with Crippen LogP contribution in [0.5, 0.6) is 0 Å². The number of likely N-dealkylation sites (N-methyl/N-ethyl adjacent to an activating group) is 1. The van der Waals surface area contributed by atoms with Crippen LogP contribution >= 0.6 is 11.6 Å². The largest absolute Gasteiger partial charge is 0.304 e. The predicted octanol–water partition coefficient (Wildman–Crippen LogP) is 1.18. The van der Waals surface area contributed by atoms with Crippen molar-refractivity contribution in [1.82, 2.24) is 14.9 Å². The molecule has 1 aromatic rings. The van der Waals surface area contributed by atoms with Crippen LogP contribution in [0.3, 0.4) is 0 Å². The average Bonchev–Trinajstić information content (AvgIpc) is 2.35. The summed E-state index contributed by atoms with van der Waals surface area (Å²) in [7, 11) is 2.10. The van der Waals surface area contributed by atoms with Crippen LogP contribution in [0.15, 0.2) is 12.3 Å². The minimum atomic E-state index is 0.383. The molecule has 0 aliphatic carbocycles. The van der Waals surface area contributed by atoms with Gasteiger partial charge in [0.2, 0.25) is 0 Å². The molecule has 0 unspecified atom stereocenters. The van der Waals surface area contributed by atoms with E-state index in [1.54, 1.807) is 12.3 Å². The van der Waals surface area contributed by atoms with E-state index in [2.05, 4.69) is 27.4 Å². The minimum Gasteiger partial charge on any atom is -0.304 e. The third-order valence-electron chi connectivity index (χ3n) is 2.78. The first-order valence-electron chi connectivity index (χ1n) is 5.45. The second-order valence-corrected chi connectivity index (χ2v) is 4.41. The van der Waals surface area contributed by atoms with E-state index >= 15 is 0 Å². The van der Waals surface area contributed by atoms with Gasteiger partial charge in [0.25, 0.3) is 0 Å². The Bertz CT molecular complexity index is 434. The molecule has 1 fully saturated rings. The second kappa shape index (κ2) is 5.32. The van der Waals surface area contributed by atoms with Gasteiger partial charge in [-0.05, 0) is 13.1 Å². The van der Waals surface area contributed by atoms with Crippen molar-refractivity contribution in [2.24, 2.45) is 0 Å². The number of halogens is 1. The normalized spacial score (nSPS) is 17.7. The van der Waals surface area contributed by atoms with Crippen molar-refractivity contribution in [3.8, 4) is 6.07 Å². The second-order valence-electron chi connectivity index (χ2n) is 4.04. The van der Waals surface area contributed by atoms with Gasteiger partial charge in [0, 0.05) is 32.4 Å². The average molecular weight is 252 g/mol. The highest BCUT2D eigenvalue weighted by molar-refractivity contribution is 6.34. The number of hydrazine groups is 1. The van der Waals surface area contributed by atoms with Gasteiger partial charge in [-0.3, -0.25) is 0 Å². The molecule has 0 amide bonds. The molecule has 0 bridgehead atoms. The number of nitrogens with zero attached hydrogens (tertiary/aromatic N) is 4. The van der Waals surface area contributed by atoms with Crippen molar-refractivity contribution in [2.45, 2.75) is 0 Å². The summed E-state index contributed by atoms with van der Waals surface area (Å²) in [5.74, 6) is 0.551. The monoisotopic (exact) mass is 251 g/mol. The molecule has 2 heterocycles. The molecule has 17 heavy (non-hydrogen) atoms. The molecule has 90 valence electrons. The van der Waals surface area contributed by atoms with Gasteiger partial charge in [0.05, 0.1) is 5.56 Å². The smallest absolute Gasteiger partial charge is 0.160 e. The van der Waals surface area contributed by atoms with Crippen LogP contribution in [-0.2, 0) is 0 Å². The maximum absolute atomic E-state index is 8.87. The topological polar surface area (TPSA) is 55.2 Å². The van der Waals surface area contributed by atoms with Crippen LogP contribution < -0.4 is 5.43 Å². The van der Waals surface area contributed by atoms with Crippen molar-refractivity contribution in [1.29, 1.82) is 5.26 Å². The first-order valence-corrected chi connectivity index (χ1v) is 5.83. The van der Waals surface area contributed by atoms with E-state index in [1.165, 1.54) is 0 Å². The van der Waals surface area contributed by atoms with E-state index in [1.807, 2.05) is 6.07 Å². The van der Waals surface area contributed by atoms with Gasteiger partial charge in [-0.1, -0.05) is 11.6 Å². The van der Waals surface area contributed by atoms with Crippen LogP contribution in [0.4, 0.5) is 5.82 Å². The SMILES string of the molecule is CN1CCN(Nc2nccc(C#N)c2Cl)CC1. The summed E-state index contributed by atoms with van der Waals surface area (Å²) in [6, 6.07) is 3.65. The fourth-order valence-corrected chi connectivity index (χ4v) is 1.87. The Hall–Kier alpha value is -1.35. The molecule has 0 aromatic carbocycles. The van der Waals surface area contributed by atoms with Crippen molar-refractivity contribution >= 4 is 17.4 Å². The van der Waals surface area contributed by atoms with Crippen molar-refractivity contribution in [3.05, 3.63) is 22.8 Å². The summed E-state index contributed by atoms with van der Waals surface area (Å²) >= 11 is 6.07. The summed E-state index contributed by atoms with van der Waals surface area (Å²) in [4.78, 5) is 6.41. The van der Waals surface area contributed by atoms with E-state index in [0.29, 0.717) is 16.4 Å². The van der Waals surface area contributed by atoms with E-state index < -0.39 is 0 Å². The van der Waals surface area contributed by atoms with Gasteiger partial charge in [0.15, 0.2) is 5.82 Å². The lowest BCUT2D eigenvalue weighted by Gasteiger charge is -2.32. The highest BCUT2D eigenvalue weighted by Gasteiger charge is 2.15. The quantitative estimate of drug-likeness (QED) is 0.856. The van der Waals surface area contributed by atoms with Gasteiger partial charge in [-0.2, -0.15) is 5.26 Å². The molecule has 5 nitrogen and oxygen atoms in total. The third-order valence-corrected chi connectivity index (χ3v) is 3.16. The van der Waals surface area contributed by atoms with Crippen molar-refractivity contribution < 1.29 is 0 Å². The molecule has 1 aliphatic heterocycles. The van der Waals surface area contributed by atoms with E-state index in [9.17, 15) is 0 Å². The Labute approximate surface area is 106 Å². The number of nitrogens with one attached hydrogen (secondary N) is 1. The van der Waals surface area contributed by atoms with E-state index in [0.717, 1.165) is 26.2 Å². The highest BCUT2D eigenvalue weighted by Crippen LogP contribution is 2.23. The standard InChI is InChI=1S/C11H14ClN5/c1-16-4-6-17(7-5-16)15-11-10(12)9(8-13)2-3-14-11/h2-3H,4-7H2,1H3,(H,14,15). The predicted molar refractivity (Wildman–Crippen MR) is 66.7 cm³/mol. The number of pyridine rings is 1. The van der Waals surface area contributed by atoms with E-state index in [4.69, 9.17) is 16.9 Å². The highest BCUT2D eigenvalue weighted by atomic mass is 35.5. The molecule has 2 rings (SSSR count). The summed E-state index contributed by atoms with van der Waals surface area (Å²) in [5.41, 5.74) is 3.60. The Balaban J connectivity index is 2.06. The molecular weight excluding hydrogens is 238 g/mol. The number of hydrogen-bond donors (Lipinski definition) is 1. The number of aromatic nitrogens is 1. The van der Waals surface area contributed by atoms with Crippen LogP contribution in [0.2, 0.25) is 5.02 Å². The molecule has 0 saturated carbocycles. The zero-order valence-electron chi connectivity index (χ0n) is 9.65. The van der Waals surface area contributed by atoms with Gasteiger partial charge in [-0.25, -0.2) is 9.99 Å². The van der Waals surface area contributed by atoms with E-state index in [-0.39, 0.29) is 0 Å². The summed E-state index contributed by atoms with van der Waals surface area (Å²) < 4.78 is 0. The lowest BCUT2D eigenvalue weighted by atomic mass is 10.3. The molecule has 1 aliphatic rings. The van der Waals surface area contributed by atoms with Gasteiger partial charge in [0.1, 0.15) is 11.1 Å². The maximum Gasteiger partial charge on any atom is 0.160 e. The minimum absolute atomic E-state index is 0.383. The van der Waals surface area contributed by atoms with Crippen LogP contribution in [0.25, 0.3) is 0 Å². The summed E-state index contributed by atoms with van der Waals surface area (Å²) in [5, 5.41) is 11.3.